The first-order valence-corrected chi connectivity index (χ1v) is 9.08. The predicted molar refractivity (Wildman–Crippen MR) is 88.3 cm³/mol. The molecule has 126 valence electrons. The fourth-order valence-corrected chi connectivity index (χ4v) is 4.67. The second-order valence-corrected chi connectivity index (χ2v) is 7.39. The number of rotatable bonds is 5. The van der Waals surface area contributed by atoms with E-state index in [0.717, 1.165) is 18.4 Å². The number of piperidine rings is 3. The van der Waals surface area contributed by atoms with E-state index < -0.39 is 0 Å². The summed E-state index contributed by atoms with van der Waals surface area (Å²) in [7, 11) is 0. The highest BCUT2D eigenvalue weighted by Gasteiger charge is 2.40. The maximum atomic E-state index is 12.0. The van der Waals surface area contributed by atoms with Crippen LogP contribution >= 0.6 is 0 Å². The minimum atomic E-state index is -0.0914. The van der Waals surface area contributed by atoms with Crippen LogP contribution in [0.5, 0.6) is 0 Å². The molecular weight excluding hydrogens is 290 g/mol. The molecule has 5 heteroatoms. The van der Waals surface area contributed by atoms with Gasteiger partial charge in [-0.25, -0.2) is 0 Å². The smallest absolute Gasteiger partial charge is 0.287 e. The van der Waals surface area contributed by atoms with Crippen molar-refractivity contribution in [3.05, 3.63) is 24.2 Å². The Morgan fingerprint density at radius 2 is 2.17 bits per heavy atom. The molecule has 5 rings (SSSR count). The number of carbonyl (C=O) groups is 1. The number of furan rings is 1. The lowest BCUT2D eigenvalue weighted by Crippen LogP contribution is -2.58. The van der Waals surface area contributed by atoms with E-state index in [-0.39, 0.29) is 5.91 Å². The van der Waals surface area contributed by atoms with Crippen LogP contribution < -0.4 is 5.32 Å². The van der Waals surface area contributed by atoms with Gasteiger partial charge in [-0.3, -0.25) is 9.69 Å². The molecule has 5 nitrogen and oxygen atoms in total. The van der Waals surface area contributed by atoms with Crippen LogP contribution in [0.15, 0.2) is 22.8 Å². The van der Waals surface area contributed by atoms with E-state index in [1.165, 1.54) is 58.4 Å². The molecule has 2 bridgehead atoms. The minimum Gasteiger partial charge on any atom is -0.459 e. The second-order valence-electron chi connectivity index (χ2n) is 7.39. The Morgan fingerprint density at radius 1 is 1.30 bits per heavy atom. The number of nitrogens with zero attached hydrogens (tertiary/aromatic N) is 2. The second kappa shape index (κ2) is 6.65. The van der Waals surface area contributed by atoms with Gasteiger partial charge in [0.1, 0.15) is 0 Å². The van der Waals surface area contributed by atoms with Crippen molar-refractivity contribution in [2.45, 2.75) is 31.7 Å². The molecule has 1 amide bonds. The number of amides is 1. The summed E-state index contributed by atoms with van der Waals surface area (Å²) in [6.45, 7) is 7.03. The van der Waals surface area contributed by atoms with E-state index in [9.17, 15) is 4.79 Å². The van der Waals surface area contributed by atoms with Crippen LogP contribution in [0.4, 0.5) is 0 Å². The summed E-state index contributed by atoms with van der Waals surface area (Å²) < 4.78 is 5.16. The van der Waals surface area contributed by atoms with Crippen LogP contribution in [0.3, 0.4) is 0 Å². The molecule has 0 radical (unpaired) electrons. The topological polar surface area (TPSA) is 48.7 Å². The first kappa shape index (κ1) is 15.2. The molecular formula is C18H27N3O2. The zero-order valence-corrected chi connectivity index (χ0v) is 13.7. The standard InChI is InChI=1S/C18H27N3O2/c22-18(17-4-3-9-23-17)19-11-16-10-14-5-8-21(16)13-15(14)12-20-6-1-2-7-20/h3-4,9,14-16H,1-2,5-8,10-13H2,(H,19,22)/t14-,15-,16+/m0/s1. The third kappa shape index (κ3) is 3.31. The Bertz CT molecular complexity index is 524. The van der Waals surface area contributed by atoms with Gasteiger partial charge in [0.15, 0.2) is 5.76 Å². The van der Waals surface area contributed by atoms with E-state index in [1.807, 2.05) is 0 Å². The Labute approximate surface area is 138 Å². The highest BCUT2D eigenvalue weighted by molar-refractivity contribution is 5.91. The molecule has 0 saturated carbocycles. The summed E-state index contributed by atoms with van der Waals surface area (Å²) in [4.78, 5) is 17.3. The molecule has 0 aromatic carbocycles. The summed E-state index contributed by atoms with van der Waals surface area (Å²) in [5.74, 6) is 1.99. The predicted octanol–water partition coefficient (Wildman–Crippen LogP) is 1.82. The third-order valence-electron chi connectivity index (χ3n) is 5.95. The highest BCUT2D eigenvalue weighted by Crippen LogP contribution is 2.36. The lowest BCUT2D eigenvalue weighted by atomic mass is 9.75. The van der Waals surface area contributed by atoms with E-state index in [4.69, 9.17) is 4.42 Å². The SMILES string of the molecule is O=C(NC[C@H]1C[C@@H]2CCN1C[C@@H]2CN1CCCC1)c1ccco1. The Balaban J connectivity index is 1.28. The number of likely N-dealkylation sites (tertiary alicyclic amines) is 1. The van der Waals surface area contributed by atoms with Crippen LogP contribution in [-0.4, -0.2) is 61.0 Å². The first-order valence-electron chi connectivity index (χ1n) is 9.08. The molecule has 1 N–H and O–H groups in total. The van der Waals surface area contributed by atoms with Crippen LogP contribution in [0.2, 0.25) is 0 Å². The maximum absolute atomic E-state index is 12.0. The van der Waals surface area contributed by atoms with E-state index >= 15 is 0 Å². The summed E-state index contributed by atoms with van der Waals surface area (Å²) in [6, 6.07) is 3.97. The molecule has 1 aromatic rings. The normalized spacial score (nSPS) is 33.9. The van der Waals surface area contributed by atoms with Gasteiger partial charge in [-0.1, -0.05) is 0 Å². The molecule has 0 aliphatic carbocycles. The van der Waals surface area contributed by atoms with Crippen molar-refractivity contribution in [3.8, 4) is 0 Å². The van der Waals surface area contributed by atoms with Gasteiger partial charge < -0.3 is 14.6 Å². The van der Waals surface area contributed by atoms with Crippen LogP contribution in [0.1, 0.15) is 36.2 Å². The average molecular weight is 317 g/mol. The molecule has 4 saturated heterocycles. The zero-order valence-electron chi connectivity index (χ0n) is 13.7. The van der Waals surface area contributed by atoms with Gasteiger partial charge in [-0.05, 0) is 69.3 Å². The van der Waals surface area contributed by atoms with Gasteiger partial charge in [-0.15, -0.1) is 0 Å². The van der Waals surface area contributed by atoms with Crippen molar-refractivity contribution in [3.63, 3.8) is 0 Å². The lowest BCUT2D eigenvalue weighted by molar-refractivity contribution is -0.00912. The van der Waals surface area contributed by atoms with Crippen molar-refractivity contribution >= 4 is 5.91 Å². The van der Waals surface area contributed by atoms with Gasteiger partial charge in [0.25, 0.3) is 5.91 Å². The molecule has 1 aromatic heterocycles. The Morgan fingerprint density at radius 3 is 2.87 bits per heavy atom. The summed E-state index contributed by atoms with van der Waals surface area (Å²) >= 11 is 0. The highest BCUT2D eigenvalue weighted by atomic mass is 16.3. The first-order chi connectivity index (χ1) is 11.3. The molecule has 4 fully saturated rings. The van der Waals surface area contributed by atoms with Crippen molar-refractivity contribution in [2.75, 3.05) is 39.3 Å². The molecule has 4 aliphatic rings. The molecule has 0 spiro atoms. The van der Waals surface area contributed by atoms with E-state index in [0.29, 0.717) is 11.8 Å². The summed E-state index contributed by atoms with van der Waals surface area (Å²) in [5, 5.41) is 3.04. The third-order valence-corrected chi connectivity index (χ3v) is 5.95. The molecule has 23 heavy (non-hydrogen) atoms. The Kier molecular flexibility index (Phi) is 4.40. The quantitative estimate of drug-likeness (QED) is 0.900. The summed E-state index contributed by atoms with van der Waals surface area (Å²) in [6.07, 6.45) is 6.87. The van der Waals surface area contributed by atoms with Crippen LogP contribution in [0.25, 0.3) is 0 Å². The van der Waals surface area contributed by atoms with Crippen molar-refractivity contribution in [1.82, 2.24) is 15.1 Å². The van der Waals surface area contributed by atoms with E-state index in [1.54, 1.807) is 18.4 Å². The lowest BCUT2D eigenvalue weighted by Gasteiger charge is -2.50. The molecule has 4 aliphatic heterocycles. The minimum absolute atomic E-state index is 0.0914. The van der Waals surface area contributed by atoms with Crippen molar-refractivity contribution in [1.29, 1.82) is 0 Å². The zero-order chi connectivity index (χ0) is 15.6. The van der Waals surface area contributed by atoms with Gasteiger partial charge in [0.05, 0.1) is 6.26 Å². The van der Waals surface area contributed by atoms with Crippen molar-refractivity contribution in [2.24, 2.45) is 11.8 Å². The fraction of sp³-hybridized carbons (Fsp3) is 0.722. The van der Waals surface area contributed by atoms with Crippen LogP contribution in [0, 0.1) is 11.8 Å². The number of nitrogens with one attached hydrogen (secondary N) is 1. The van der Waals surface area contributed by atoms with Crippen LogP contribution in [-0.2, 0) is 0 Å². The van der Waals surface area contributed by atoms with Gasteiger partial charge >= 0.3 is 0 Å². The van der Waals surface area contributed by atoms with Gasteiger partial charge in [0.2, 0.25) is 0 Å². The fourth-order valence-electron chi connectivity index (χ4n) is 4.67. The van der Waals surface area contributed by atoms with Crippen molar-refractivity contribution < 1.29 is 9.21 Å². The number of hydrogen-bond donors (Lipinski definition) is 1. The maximum Gasteiger partial charge on any atom is 0.287 e. The molecule has 5 heterocycles. The summed E-state index contributed by atoms with van der Waals surface area (Å²) in [5.41, 5.74) is 0. The molecule has 1 unspecified atom stereocenters. The monoisotopic (exact) mass is 317 g/mol. The Hall–Kier alpha value is -1.33. The number of fused-ring (bicyclic) bond motifs is 3. The molecule has 4 atom stereocenters. The number of carbonyl (C=O) groups excluding carboxylic acids is 1. The van der Waals surface area contributed by atoms with E-state index in [2.05, 4.69) is 15.1 Å². The largest absolute Gasteiger partial charge is 0.459 e. The van der Waals surface area contributed by atoms with Gasteiger partial charge in [0, 0.05) is 25.7 Å². The average Bonchev–Trinajstić information content (AvgIpc) is 3.27. The number of hydrogen-bond acceptors (Lipinski definition) is 4. The van der Waals surface area contributed by atoms with Gasteiger partial charge in [-0.2, -0.15) is 0 Å².